The van der Waals surface area contributed by atoms with Crippen LogP contribution < -0.4 is 20.1 Å². The van der Waals surface area contributed by atoms with Gasteiger partial charge in [0.2, 0.25) is 5.89 Å². The summed E-state index contributed by atoms with van der Waals surface area (Å²) in [6.07, 6.45) is 14.0. The Balaban J connectivity index is 0.819. The molecule has 5 heterocycles. The first-order valence-corrected chi connectivity index (χ1v) is 26.0. The highest BCUT2D eigenvalue weighted by molar-refractivity contribution is 5.70. The number of nitrogens with zero attached hydrogens (tertiary/aromatic N) is 10. The van der Waals surface area contributed by atoms with Crippen molar-refractivity contribution in [2.75, 3.05) is 12.0 Å². The zero-order valence-corrected chi connectivity index (χ0v) is 41.4. The SMILES string of the molecule is CCC[C@@H](C)OCNCc1c(-c2nc(C3CC3)c(O[C@H]3CCC[C@H](C(=O)O)C3)cc2C2CC(Cc3nc(NCc4c(-c5ccc(O[C@H]6CCC[C@H](C(=O)O)C6)c(C6CC6)n5)nnn4C)no3)C2)nnn1C. The summed E-state index contributed by atoms with van der Waals surface area (Å²) in [4.78, 5) is 38.9. The molecule has 5 saturated carbocycles. The Morgan fingerprint density at radius 3 is 2.04 bits per heavy atom. The molecule has 5 aromatic heterocycles. The molecule has 5 aromatic rings. The van der Waals surface area contributed by atoms with Gasteiger partial charge in [0.25, 0.3) is 5.95 Å². The lowest BCUT2D eigenvalue weighted by atomic mass is 9.69. The highest BCUT2D eigenvalue weighted by Gasteiger charge is 2.39. The smallest absolute Gasteiger partial charge is 0.306 e. The number of carboxylic acids is 2. The number of anilines is 1. The molecule has 0 unspecified atom stereocenters. The number of nitrogens with one attached hydrogen (secondary N) is 2. The summed E-state index contributed by atoms with van der Waals surface area (Å²) in [5, 5.41) is 48.5. The number of hydrogen-bond donors (Lipinski definition) is 4. The van der Waals surface area contributed by atoms with Crippen LogP contribution in [0.4, 0.5) is 5.95 Å². The van der Waals surface area contributed by atoms with Gasteiger partial charge in [0.1, 0.15) is 22.9 Å². The second-order valence-electron chi connectivity index (χ2n) is 20.8. The summed E-state index contributed by atoms with van der Waals surface area (Å²) >= 11 is 0. The van der Waals surface area contributed by atoms with Crippen LogP contribution in [0.15, 0.2) is 22.7 Å². The number of aliphatic carboxylic acids is 2. The lowest BCUT2D eigenvalue weighted by molar-refractivity contribution is -0.144. The minimum absolute atomic E-state index is 0.148. The van der Waals surface area contributed by atoms with Crippen LogP contribution in [0.2, 0.25) is 0 Å². The number of carbonyl (C=O) groups is 2. The van der Waals surface area contributed by atoms with E-state index < -0.39 is 17.9 Å². The minimum Gasteiger partial charge on any atom is -0.488 e. The molecule has 0 aliphatic heterocycles. The molecule has 4 N–H and O–H groups in total. The summed E-state index contributed by atoms with van der Waals surface area (Å²) < 4.78 is 28.6. The van der Waals surface area contributed by atoms with Crippen molar-refractivity contribution in [3.63, 3.8) is 0 Å². The van der Waals surface area contributed by atoms with Gasteiger partial charge in [-0.2, -0.15) is 4.98 Å². The van der Waals surface area contributed by atoms with Crippen LogP contribution >= 0.6 is 0 Å². The highest BCUT2D eigenvalue weighted by Crippen LogP contribution is 2.51. The van der Waals surface area contributed by atoms with Crippen LogP contribution in [0.3, 0.4) is 0 Å². The van der Waals surface area contributed by atoms with Crippen molar-refractivity contribution < 1.29 is 38.5 Å². The lowest BCUT2D eigenvalue weighted by Crippen LogP contribution is -2.30. The Morgan fingerprint density at radius 1 is 0.761 bits per heavy atom. The van der Waals surface area contributed by atoms with E-state index in [0.717, 1.165) is 128 Å². The average molecular weight is 977 g/mol. The molecule has 0 saturated heterocycles. The zero-order valence-electron chi connectivity index (χ0n) is 41.4. The van der Waals surface area contributed by atoms with E-state index in [9.17, 15) is 19.8 Å². The van der Waals surface area contributed by atoms with Gasteiger partial charge in [-0.25, -0.2) is 14.6 Å². The predicted octanol–water partition coefficient (Wildman–Crippen LogP) is 7.85. The Hall–Kier alpha value is -6.02. The molecule has 10 rings (SSSR count). The van der Waals surface area contributed by atoms with E-state index in [0.29, 0.717) is 81.1 Å². The van der Waals surface area contributed by atoms with Crippen LogP contribution in [-0.4, -0.2) is 97.3 Å². The van der Waals surface area contributed by atoms with Crippen LogP contribution in [0.25, 0.3) is 22.8 Å². The first-order valence-electron chi connectivity index (χ1n) is 26.0. The molecule has 5 atom stereocenters. The second kappa shape index (κ2) is 21.4. The lowest BCUT2D eigenvalue weighted by Gasteiger charge is -2.36. The van der Waals surface area contributed by atoms with Gasteiger partial charge in [-0.1, -0.05) is 23.8 Å². The van der Waals surface area contributed by atoms with Crippen molar-refractivity contribution in [1.82, 2.24) is 55.4 Å². The Morgan fingerprint density at radius 2 is 1.39 bits per heavy atom. The van der Waals surface area contributed by atoms with Gasteiger partial charge < -0.3 is 34.3 Å². The molecule has 0 aromatic carbocycles. The number of hydrogen-bond acceptors (Lipinski definition) is 16. The van der Waals surface area contributed by atoms with Crippen LogP contribution in [0.1, 0.15) is 169 Å². The second-order valence-corrected chi connectivity index (χ2v) is 20.8. The van der Waals surface area contributed by atoms with Crippen molar-refractivity contribution in [2.24, 2.45) is 31.8 Å². The van der Waals surface area contributed by atoms with E-state index in [-0.39, 0.29) is 42.0 Å². The quantitative estimate of drug-likeness (QED) is 0.0359. The fourth-order valence-electron chi connectivity index (χ4n) is 10.8. The summed E-state index contributed by atoms with van der Waals surface area (Å²) in [6, 6.07) is 6.03. The molecule has 5 aliphatic rings. The number of aromatic nitrogens is 10. The van der Waals surface area contributed by atoms with E-state index in [1.54, 1.807) is 4.68 Å². The number of carboxylic acid groups (broad SMARTS) is 2. The van der Waals surface area contributed by atoms with E-state index >= 15 is 0 Å². The predicted molar refractivity (Wildman–Crippen MR) is 258 cm³/mol. The maximum atomic E-state index is 12.0. The van der Waals surface area contributed by atoms with Crippen LogP contribution in [0, 0.1) is 17.8 Å². The molecule has 0 bridgehead atoms. The minimum atomic E-state index is -0.757. The van der Waals surface area contributed by atoms with Gasteiger partial charge in [0.15, 0.2) is 0 Å². The highest BCUT2D eigenvalue weighted by atomic mass is 16.5. The van der Waals surface area contributed by atoms with Gasteiger partial charge in [-0.05, 0) is 144 Å². The number of aryl methyl sites for hydroxylation is 2. The Kier molecular flexibility index (Phi) is 14.6. The molecular weight excluding hydrogens is 909 g/mol. The molecule has 380 valence electrons. The van der Waals surface area contributed by atoms with Gasteiger partial charge in [-0.3, -0.25) is 19.6 Å². The molecule has 71 heavy (non-hydrogen) atoms. The first kappa shape index (κ1) is 48.6. The van der Waals surface area contributed by atoms with Crippen molar-refractivity contribution in [2.45, 2.75) is 172 Å². The summed E-state index contributed by atoms with van der Waals surface area (Å²) in [6.45, 7) is 5.50. The third kappa shape index (κ3) is 11.4. The average Bonchev–Trinajstić information content (AvgIpc) is 4.27. The Labute approximate surface area is 413 Å². The first-order chi connectivity index (χ1) is 34.5. The normalized spacial score (nSPS) is 23.8. The molecule has 5 aliphatic carbocycles. The summed E-state index contributed by atoms with van der Waals surface area (Å²) in [5.74, 6) is 1.16. The van der Waals surface area contributed by atoms with Crippen molar-refractivity contribution in [3.05, 3.63) is 52.4 Å². The summed E-state index contributed by atoms with van der Waals surface area (Å²) in [7, 11) is 3.75. The zero-order chi connectivity index (χ0) is 49.2. The van der Waals surface area contributed by atoms with Crippen molar-refractivity contribution >= 4 is 17.9 Å². The van der Waals surface area contributed by atoms with Gasteiger partial charge >= 0.3 is 11.9 Å². The molecule has 0 radical (unpaired) electrons. The largest absolute Gasteiger partial charge is 0.488 e. The Bertz CT molecular complexity index is 2670. The van der Waals surface area contributed by atoms with E-state index in [2.05, 4.69) is 51.2 Å². The maximum Gasteiger partial charge on any atom is 0.306 e. The van der Waals surface area contributed by atoms with Gasteiger partial charge in [0.05, 0.1) is 77.6 Å². The number of pyridine rings is 2. The number of ether oxygens (including phenoxy) is 3. The molecule has 0 spiro atoms. The third-order valence-electron chi connectivity index (χ3n) is 15.2. The summed E-state index contributed by atoms with van der Waals surface area (Å²) in [5.41, 5.74) is 7.51. The topological polar surface area (TPSA) is 252 Å². The maximum absolute atomic E-state index is 12.0. The standard InChI is InChI=1S/C51H68N12O8/c1-5-8-28(2)68-27-52-25-39-48(58-61-62(39)3)46-37(24-42(45(56-46)31-15-16-31)70-36-12-7-10-33(23-36)50(66)67)34-19-29(20-34)21-43-55-51(59-71-43)53-26-40-47(57-60-63(40)4)38-17-18-41(44(54-38)30-13-14-30)69-35-11-6-9-32(22-35)49(64)65/h17-18,24,28-36,52H,5-16,19-23,25-27H2,1-4H3,(H,53,59)(H,64,65)(H,66,67)/t28-,29?,32+,33+,34?,35+,36+/m1/s1. The number of rotatable bonds is 23. The van der Waals surface area contributed by atoms with Crippen LogP contribution in [0.5, 0.6) is 11.5 Å². The van der Waals surface area contributed by atoms with Gasteiger partial charge in [0, 0.05) is 38.9 Å². The van der Waals surface area contributed by atoms with E-state index in [1.165, 1.54) is 0 Å². The van der Waals surface area contributed by atoms with Crippen molar-refractivity contribution in [1.29, 1.82) is 0 Å². The molecule has 20 nitrogen and oxygen atoms in total. The van der Waals surface area contributed by atoms with E-state index in [1.807, 2.05) is 30.9 Å². The van der Waals surface area contributed by atoms with Crippen molar-refractivity contribution in [3.8, 4) is 34.3 Å². The third-order valence-corrected chi connectivity index (χ3v) is 15.2. The fraction of sp³-hybridized carbons (Fsp3) is 0.647. The molecule has 5 fully saturated rings. The van der Waals surface area contributed by atoms with E-state index in [4.69, 9.17) is 38.8 Å². The fourth-order valence-corrected chi connectivity index (χ4v) is 10.8. The monoisotopic (exact) mass is 977 g/mol. The van der Waals surface area contributed by atoms with Crippen LogP contribution in [-0.2, 0) is 47.9 Å². The molecular formula is C51H68N12O8. The van der Waals surface area contributed by atoms with Gasteiger partial charge in [-0.15, -0.1) is 10.2 Å². The molecule has 20 heteroatoms. The molecule has 0 amide bonds.